The van der Waals surface area contributed by atoms with Gasteiger partial charge in [-0.2, -0.15) is 23.6 Å². The van der Waals surface area contributed by atoms with Crippen molar-refractivity contribution in [2.45, 2.75) is 20.8 Å². The summed E-state index contributed by atoms with van der Waals surface area (Å²) < 4.78 is 0. The fourth-order valence-corrected chi connectivity index (χ4v) is 1.21. The van der Waals surface area contributed by atoms with E-state index in [0.29, 0.717) is 0 Å². The third-order valence-corrected chi connectivity index (χ3v) is 1.84. The van der Waals surface area contributed by atoms with E-state index in [4.69, 9.17) is 0 Å². The molecule has 0 N–H and O–H groups in total. The Morgan fingerprint density at radius 1 is 1.00 bits per heavy atom. The fourth-order valence-electron chi connectivity index (χ4n) is 1.21. The monoisotopic (exact) mass is 192 g/mol. The average Bonchev–Trinajstić information content (AvgIpc) is 1.82. The van der Waals surface area contributed by atoms with E-state index in [1.165, 1.54) is 22.3 Å². The van der Waals surface area contributed by atoms with Gasteiger partial charge in [0.1, 0.15) is 0 Å². The second-order valence-corrected chi connectivity index (χ2v) is 2.88. The maximum atomic E-state index is 3.96. The molecule has 0 atom stereocenters. The molecule has 2 heteroatoms. The van der Waals surface area contributed by atoms with Crippen molar-refractivity contribution in [2.24, 2.45) is 0 Å². The van der Waals surface area contributed by atoms with Crippen molar-refractivity contribution in [3.05, 3.63) is 41.3 Å². The van der Waals surface area contributed by atoms with E-state index in [2.05, 4.69) is 39.8 Å². The molecule has 1 aromatic rings. The van der Waals surface area contributed by atoms with Crippen LogP contribution in [0, 0.1) is 27.7 Å². The Labute approximate surface area is 97.3 Å². The molecule has 0 aliphatic carbocycles. The Morgan fingerprint density at radius 2 is 1.33 bits per heavy atom. The van der Waals surface area contributed by atoms with Crippen LogP contribution in [0.2, 0.25) is 0 Å². The average molecular weight is 193 g/mol. The van der Waals surface area contributed by atoms with Gasteiger partial charge in [-0.3, -0.25) is 0 Å². The molecule has 0 spiro atoms. The van der Waals surface area contributed by atoms with Gasteiger partial charge in [-0.15, -0.1) is 12.1 Å². The zero-order chi connectivity index (χ0) is 7.72. The molecular formula is C10H13ClMg. The van der Waals surface area contributed by atoms with Crippen LogP contribution in [-0.2, 0) is 0 Å². The molecule has 0 saturated heterocycles. The Morgan fingerprint density at radius 3 is 1.67 bits per heavy atom. The van der Waals surface area contributed by atoms with Crippen LogP contribution >= 0.6 is 0 Å². The summed E-state index contributed by atoms with van der Waals surface area (Å²) in [5, 5.41) is 0. The molecule has 0 bridgehead atoms. The molecule has 0 heterocycles. The first-order chi connectivity index (χ1) is 4.61. The van der Waals surface area contributed by atoms with E-state index in [-0.39, 0.29) is 35.5 Å². The van der Waals surface area contributed by atoms with Crippen molar-refractivity contribution in [1.82, 2.24) is 0 Å². The summed E-state index contributed by atoms with van der Waals surface area (Å²) in [4.78, 5) is 0. The Balaban J connectivity index is 0. The van der Waals surface area contributed by atoms with Crippen molar-refractivity contribution in [1.29, 1.82) is 0 Å². The largest absolute Gasteiger partial charge is 2.00 e. The summed E-state index contributed by atoms with van der Waals surface area (Å²) in [6.07, 6.45) is 0. The smallest absolute Gasteiger partial charge is 1.00 e. The van der Waals surface area contributed by atoms with Gasteiger partial charge in [0.25, 0.3) is 0 Å². The quantitative estimate of drug-likeness (QED) is 0.382. The van der Waals surface area contributed by atoms with Gasteiger partial charge in [-0.05, 0) is 6.92 Å². The van der Waals surface area contributed by atoms with Gasteiger partial charge in [0.15, 0.2) is 0 Å². The summed E-state index contributed by atoms with van der Waals surface area (Å²) >= 11 is 0. The predicted molar refractivity (Wildman–Crippen MR) is 50.9 cm³/mol. The maximum absolute atomic E-state index is 3.96. The summed E-state index contributed by atoms with van der Waals surface area (Å²) in [5.41, 5.74) is 5.07. The molecule has 0 saturated carbocycles. The van der Waals surface area contributed by atoms with E-state index >= 15 is 0 Å². The number of rotatable bonds is 0. The number of benzene rings is 1. The summed E-state index contributed by atoms with van der Waals surface area (Å²) in [5.74, 6) is 0. The number of halogens is 1. The topological polar surface area (TPSA) is 0 Å². The minimum Gasteiger partial charge on any atom is -1.00 e. The number of hydrogen-bond donors (Lipinski definition) is 0. The van der Waals surface area contributed by atoms with Crippen LogP contribution in [0.5, 0.6) is 0 Å². The molecule has 0 aliphatic heterocycles. The van der Waals surface area contributed by atoms with Gasteiger partial charge in [-0.1, -0.05) is 19.4 Å². The second kappa shape index (κ2) is 5.73. The zero-order valence-corrected chi connectivity index (χ0v) is 10.1. The van der Waals surface area contributed by atoms with E-state index < -0.39 is 0 Å². The van der Waals surface area contributed by atoms with Crippen molar-refractivity contribution < 1.29 is 12.4 Å². The number of aryl methyl sites for hydroxylation is 3. The molecule has 0 unspecified atom stereocenters. The van der Waals surface area contributed by atoms with Gasteiger partial charge >= 0.3 is 23.1 Å². The summed E-state index contributed by atoms with van der Waals surface area (Å²) in [6.45, 7) is 10.3. The predicted octanol–water partition coefficient (Wildman–Crippen LogP) is -0.583. The molecule has 1 rings (SSSR count). The van der Waals surface area contributed by atoms with Crippen LogP contribution in [0.1, 0.15) is 22.3 Å². The van der Waals surface area contributed by atoms with E-state index in [1.807, 2.05) is 0 Å². The standard InChI is InChI=1S/C10H13.ClH.Mg/c1-7-5-8(2)10(4)9(3)6-7;;/h5-6H,4H2,1-3H3;1H;/q-1;;+2/p-1. The van der Waals surface area contributed by atoms with Crippen LogP contribution in [-0.4, -0.2) is 23.1 Å². The van der Waals surface area contributed by atoms with Gasteiger partial charge in [0.05, 0.1) is 0 Å². The van der Waals surface area contributed by atoms with Crippen LogP contribution in [0.4, 0.5) is 0 Å². The van der Waals surface area contributed by atoms with Crippen molar-refractivity contribution >= 4 is 23.1 Å². The van der Waals surface area contributed by atoms with Crippen LogP contribution < -0.4 is 12.4 Å². The third kappa shape index (κ3) is 3.26. The minimum absolute atomic E-state index is 0. The van der Waals surface area contributed by atoms with E-state index in [9.17, 15) is 0 Å². The molecule has 62 valence electrons. The molecule has 0 radical (unpaired) electrons. The molecule has 12 heavy (non-hydrogen) atoms. The summed E-state index contributed by atoms with van der Waals surface area (Å²) in [7, 11) is 0. The fraction of sp³-hybridized carbons (Fsp3) is 0.300. The molecule has 0 aliphatic rings. The molecule has 1 aromatic carbocycles. The Hall–Kier alpha value is 0.146. The third-order valence-electron chi connectivity index (χ3n) is 1.84. The van der Waals surface area contributed by atoms with Crippen molar-refractivity contribution in [3.63, 3.8) is 0 Å². The molecular weight excluding hydrogens is 180 g/mol. The first kappa shape index (κ1) is 14.7. The summed E-state index contributed by atoms with van der Waals surface area (Å²) in [6, 6.07) is 4.32. The van der Waals surface area contributed by atoms with Crippen molar-refractivity contribution in [2.75, 3.05) is 0 Å². The van der Waals surface area contributed by atoms with Gasteiger partial charge < -0.3 is 12.4 Å². The Kier molecular flexibility index (Phi) is 7.00. The van der Waals surface area contributed by atoms with Crippen LogP contribution in [0.25, 0.3) is 0 Å². The first-order valence-corrected chi connectivity index (χ1v) is 3.51. The molecule has 0 fully saturated rings. The van der Waals surface area contributed by atoms with Crippen molar-refractivity contribution in [3.8, 4) is 0 Å². The molecule has 0 nitrogen and oxygen atoms in total. The van der Waals surface area contributed by atoms with E-state index in [1.54, 1.807) is 0 Å². The van der Waals surface area contributed by atoms with Crippen LogP contribution in [0.3, 0.4) is 0 Å². The van der Waals surface area contributed by atoms with Gasteiger partial charge in [-0.25, -0.2) is 0 Å². The molecule has 0 aromatic heterocycles. The molecule has 0 amide bonds. The van der Waals surface area contributed by atoms with Gasteiger partial charge in [0.2, 0.25) is 0 Å². The normalized spacial score (nSPS) is 8.25. The SMILES string of the molecule is [CH2-]c1c(C)cc(C)cc1C.[Cl-].[Mg+2]. The number of hydrogen-bond acceptors (Lipinski definition) is 0. The minimum atomic E-state index is 0. The van der Waals surface area contributed by atoms with E-state index in [0.717, 1.165) is 0 Å². The maximum Gasteiger partial charge on any atom is 2.00 e. The first-order valence-electron chi connectivity index (χ1n) is 3.51. The second-order valence-electron chi connectivity index (χ2n) is 2.88. The Bertz CT molecular complexity index is 233. The van der Waals surface area contributed by atoms with Crippen LogP contribution in [0.15, 0.2) is 12.1 Å². The van der Waals surface area contributed by atoms with Gasteiger partial charge in [0, 0.05) is 0 Å². The zero-order valence-electron chi connectivity index (χ0n) is 7.95.